The molecule has 0 bridgehead atoms. The minimum absolute atomic E-state index is 0.0853. The molecule has 4 rings (SSSR count). The summed E-state index contributed by atoms with van der Waals surface area (Å²) in [5, 5.41) is 30.9. The van der Waals surface area contributed by atoms with E-state index in [2.05, 4.69) is 15.6 Å². The number of fused-ring (bicyclic) bond motifs is 1. The maximum absolute atomic E-state index is 13.8. The van der Waals surface area contributed by atoms with Crippen LogP contribution in [-0.4, -0.2) is 37.1 Å². The number of rotatable bonds is 8. The molecule has 0 spiro atoms. The number of carbonyl (C=O) groups excluding carboxylic acids is 1. The average Bonchev–Trinajstić information content (AvgIpc) is 2.87. The van der Waals surface area contributed by atoms with Gasteiger partial charge in [0.05, 0.1) is 23.0 Å². The molecule has 11 heteroatoms. The van der Waals surface area contributed by atoms with Crippen molar-refractivity contribution in [3.8, 4) is 0 Å². The van der Waals surface area contributed by atoms with Crippen LogP contribution in [0.25, 0.3) is 10.9 Å². The molecule has 0 aliphatic heterocycles. The van der Waals surface area contributed by atoms with Crippen molar-refractivity contribution in [1.29, 1.82) is 0 Å². The third-order valence-corrected chi connectivity index (χ3v) is 5.66. The summed E-state index contributed by atoms with van der Waals surface area (Å²) in [6, 6.07) is 14.7. The molecule has 36 heavy (non-hydrogen) atoms. The average molecular weight is 494 g/mol. The smallest absolute Gasteiger partial charge is 0.309 e. The van der Waals surface area contributed by atoms with Crippen LogP contribution in [0.4, 0.5) is 14.5 Å². The lowest BCUT2D eigenvalue weighted by molar-refractivity contribution is -0.146. The van der Waals surface area contributed by atoms with Gasteiger partial charge in [0.2, 0.25) is 0 Å². The molecule has 3 aromatic carbocycles. The molecule has 0 saturated heterocycles. The number of halogens is 2. The summed E-state index contributed by atoms with van der Waals surface area (Å²) < 4.78 is 28.2. The number of aryl methyl sites for hydroxylation is 1. The Morgan fingerprint density at radius 3 is 2.47 bits per heavy atom. The lowest BCUT2D eigenvalue weighted by atomic mass is 9.92. The molecule has 2 atom stereocenters. The van der Waals surface area contributed by atoms with E-state index in [1.54, 1.807) is 24.3 Å². The second-order valence-corrected chi connectivity index (χ2v) is 8.01. The predicted molar refractivity (Wildman–Crippen MR) is 125 cm³/mol. The highest BCUT2D eigenvalue weighted by atomic mass is 19.1. The normalized spacial score (nSPS) is 12.8. The maximum Gasteiger partial charge on any atom is 0.309 e. The van der Waals surface area contributed by atoms with Crippen LogP contribution in [-0.2, 0) is 11.3 Å². The summed E-state index contributed by atoms with van der Waals surface area (Å²) in [6.45, 7) is -0.0853. The molecular weight excluding hydrogens is 474 g/mol. The largest absolute Gasteiger partial charge is 0.481 e. The van der Waals surface area contributed by atoms with Crippen LogP contribution in [0.1, 0.15) is 28.4 Å². The van der Waals surface area contributed by atoms with Crippen molar-refractivity contribution in [1.82, 2.24) is 15.0 Å². The van der Waals surface area contributed by atoms with E-state index in [0.717, 1.165) is 22.9 Å². The molecule has 0 saturated carbocycles. The minimum atomic E-state index is -1.43. The van der Waals surface area contributed by atoms with Gasteiger partial charge >= 0.3 is 5.97 Å². The highest BCUT2D eigenvalue weighted by molar-refractivity contribution is 6.04. The summed E-state index contributed by atoms with van der Waals surface area (Å²) in [6.07, 6.45) is -1.54. The highest BCUT2D eigenvalue weighted by Gasteiger charge is 2.28. The zero-order valence-electron chi connectivity index (χ0n) is 18.6. The van der Waals surface area contributed by atoms with E-state index in [0.29, 0.717) is 10.9 Å². The first-order chi connectivity index (χ1) is 17.2. The number of benzene rings is 3. The molecule has 0 radical (unpaired) electrons. The van der Waals surface area contributed by atoms with Crippen LogP contribution >= 0.6 is 0 Å². The van der Waals surface area contributed by atoms with Crippen LogP contribution in [0.2, 0.25) is 0 Å². The Balaban J connectivity index is 1.46. The fourth-order valence-corrected chi connectivity index (χ4v) is 3.71. The van der Waals surface area contributed by atoms with Gasteiger partial charge in [0, 0.05) is 12.2 Å². The van der Waals surface area contributed by atoms with E-state index < -0.39 is 46.7 Å². The molecule has 1 aromatic heterocycles. The first kappa shape index (κ1) is 24.6. The molecule has 0 fully saturated rings. The van der Waals surface area contributed by atoms with Crippen molar-refractivity contribution in [3.63, 3.8) is 0 Å². The number of amides is 1. The molecule has 9 nitrogen and oxygen atoms in total. The molecule has 184 valence electrons. The Kier molecular flexibility index (Phi) is 7.11. The number of nitrogens with one attached hydrogen (secondary N) is 1. The Labute approximate surface area is 202 Å². The van der Waals surface area contributed by atoms with Crippen molar-refractivity contribution >= 4 is 28.5 Å². The first-order valence-electron chi connectivity index (χ1n) is 10.8. The van der Waals surface area contributed by atoms with Gasteiger partial charge in [-0.1, -0.05) is 29.5 Å². The topological polar surface area (TPSA) is 134 Å². The standard InChI is InChI=1S/C25H20F2N4O5/c26-15-7-10-20(27)19(13-15)23(33)28-16-8-5-14(6-9-16)22(32)18(25(35)36)11-12-31-24(34)17-3-1-2-4-21(17)29-30-31/h1-10,13,18,22,32H,11-12H2,(H,28,33)(H,35,36)/t18-,22+/m0/s1. The van der Waals surface area contributed by atoms with Gasteiger partial charge in [-0.25, -0.2) is 13.5 Å². The molecule has 0 unspecified atom stereocenters. The number of nitrogens with zero attached hydrogens (tertiary/aromatic N) is 3. The Hall–Kier alpha value is -4.51. The summed E-state index contributed by atoms with van der Waals surface area (Å²) in [5.74, 6) is -5.07. The van der Waals surface area contributed by atoms with Gasteiger partial charge in [-0.2, -0.15) is 0 Å². The number of carboxylic acids is 1. The fourth-order valence-electron chi connectivity index (χ4n) is 3.71. The molecule has 0 aliphatic rings. The molecule has 1 amide bonds. The lowest BCUT2D eigenvalue weighted by Gasteiger charge is -2.20. The first-order valence-corrected chi connectivity index (χ1v) is 10.8. The number of carboxylic acid groups (broad SMARTS) is 1. The van der Waals surface area contributed by atoms with E-state index in [1.807, 2.05) is 0 Å². The maximum atomic E-state index is 13.8. The summed E-state index contributed by atoms with van der Waals surface area (Å²) in [7, 11) is 0. The number of aliphatic hydroxyl groups excluding tert-OH is 1. The summed E-state index contributed by atoms with van der Waals surface area (Å²) in [4.78, 5) is 36.7. The van der Waals surface area contributed by atoms with Gasteiger partial charge < -0.3 is 15.5 Å². The van der Waals surface area contributed by atoms with Crippen LogP contribution in [0.15, 0.2) is 71.5 Å². The number of carbonyl (C=O) groups is 2. The van der Waals surface area contributed by atoms with Crippen molar-refractivity contribution in [2.75, 3.05) is 5.32 Å². The number of anilines is 1. The van der Waals surface area contributed by atoms with Gasteiger partial charge in [-0.15, -0.1) is 5.10 Å². The third-order valence-electron chi connectivity index (χ3n) is 5.66. The Bertz CT molecular complexity index is 1490. The molecular formula is C25H20F2N4O5. The lowest BCUT2D eigenvalue weighted by Crippen LogP contribution is -2.29. The van der Waals surface area contributed by atoms with E-state index >= 15 is 0 Å². The Morgan fingerprint density at radius 1 is 1.03 bits per heavy atom. The van der Waals surface area contributed by atoms with Crippen molar-refractivity contribution < 1.29 is 28.6 Å². The number of hydrogen-bond donors (Lipinski definition) is 3. The molecule has 0 aliphatic carbocycles. The SMILES string of the molecule is O=C(Nc1ccc([C@@H](O)[C@H](CCn2nnc3ccccc3c2=O)C(=O)O)cc1)c1cc(F)ccc1F. The van der Waals surface area contributed by atoms with Gasteiger partial charge in [0.25, 0.3) is 11.5 Å². The summed E-state index contributed by atoms with van der Waals surface area (Å²) >= 11 is 0. The molecule has 4 aromatic rings. The quantitative estimate of drug-likeness (QED) is 0.343. The molecule has 1 heterocycles. The van der Waals surface area contributed by atoms with Gasteiger partial charge in [-0.05, 0) is 54.4 Å². The van der Waals surface area contributed by atoms with Gasteiger partial charge in [0.1, 0.15) is 17.2 Å². The second-order valence-electron chi connectivity index (χ2n) is 8.01. The number of aromatic nitrogens is 3. The highest BCUT2D eigenvalue weighted by Crippen LogP contribution is 2.27. The van der Waals surface area contributed by atoms with Crippen LogP contribution < -0.4 is 10.9 Å². The number of aliphatic hydroxyl groups is 1. The van der Waals surface area contributed by atoms with Gasteiger partial charge in [0.15, 0.2) is 0 Å². The van der Waals surface area contributed by atoms with Crippen LogP contribution in [0.5, 0.6) is 0 Å². The zero-order chi connectivity index (χ0) is 25.8. The molecule has 3 N–H and O–H groups in total. The van der Waals surface area contributed by atoms with Crippen LogP contribution in [0.3, 0.4) is 0 Å². The van der Waals surface area contributed by atoms with Crippen molar-refractivity contribution in [2.24, 2.45) is 5.92 Å². The minimum Gasteiger partial charge on any atom is -0.481 e. The number of aliphatic carboxylic acids is 1. The second kappa shape index (κ2) is 10.4. The number of hydrogen-bond acceptors (Lipinski definition) is 6. The van der Waals surface area contributed by atoms with E-state index in [-0.39, 0.29) is 24.2 Å². The Morgan fingerprint density at radius 2 is 1.75 bits per heavy atom. The van der Waals surface area contributed by atoms with E-state index in [1.165, 1.54) is 24.3 Å². The van der Waals surface area contributed by atoms with Gasteiger partial charge in [-0.3, -0.25) is 14.4 Å². The van der Waals surface area contributed by atoms with Crippen molar-refractivity contribution in [3.05, 3.63) is 99.8 Å². The van der Waals surface area contributed by atoms with E-state index in [4.69, 9.17) is 0 Å². The zero-order valence-corrected chi connectivity index (χ0v) is 18.6. The predicted octanol–water partition coefficient (Wildman–Crippen LogP) is 3.15. The van der Waals surface area contributed by atoms with Crippen molar-refractivity contribution in [2.45, 2.75) is 19.1 Å². The van der Waals surface area contributed by atoms with E-state index in [9.17, 15) is 33.4 Å². The van der Waals surface area contributed by atoms with Crippen LogP contribution in [0, 0.1) is 17.6 Å². The monoisotopic (exact) mass is 494 g/mol. The third kappa shape index (κ3) is 5.26. The summed E-state index contributed by atoms with van der Waals surface area (Å²) in [5.41, 5.74) is -0.00853. The fraction of sp³-hybridized carbons (Fsp3) is 0.160.